The maximum atomic E-state index is 10.7. The fourth-order valence-corrected chi connectivity index (χ4v) is 2.31. The van der Waals surface area contributed by atoms with Gasteiger partial charge in [-0.25, -0.2) is 0 Å². The molecular formula is C12H14N4O. The predicted octanol–water partition coefficient (Wildman–Crippen LogP) is 1.36. The van der Waals surface area contributed by atoms with E-state index in [9.17, 15) is 4.79 Å². The quantitative estimate of drug-likeness (QED) is 0.791. The van der Waals surface area contributed by atoms with E-state index in [0.717, 1.165) is 30.7 Å². The zero-order valence-corrected chi connectivity index (χ0v) is 9.47. The van der Waals surface area contributed by atoms with Crippen LogP contribution in [-0.2, 0) is 0 Å². The number of aldehydes is 1. The number of carbonyl (C=O) groups is 1. The first-order chi connectivity index (χ1) is 8.38. The molecule has 1 fully saturated rings. The predicted molar refractivity (Wildman–Crippen MR) is 63.0 cm³/mol. The van der Waals surface area contributed by atoms with E-state index in [1.165, 1.54) is 12.8 Å². The van der Waals surface area contributed by atoms with E-state index in [1.54, 1.807) is 12.1 Å². The highest BCUT2D eigenvalue weighted by atomic mass is 16.1. The average Bonchev–Trinajstić information content (AvgIpc) is 2.82. The van der Waals surface area contributed by atoms with Gasteiger partial charge in [-0.05, 0) is 31.5 Å². The van der Waals surface area contributed by atoms with Crippen molar-refractivity contribution in [2.24, 2.45) is 0 Å². The Morgan fingerprint density at radius 2 is 2.35 bits per heavy atom. The van der Waals surface area contributed by atoms with Crippen LogP contribution in [0.1, 0.15) is 41.5 Å². The van der Waals surface area contributed by atoms with Crippen molar-refractivity contribution in [3.63, 3.8) is 0 Å². The van der Waals surface area contributed by atoms with Crippen LogP contribution in [0.15, 0.2) is 18.3 Å². The van der Waals surface area contributed by atoms with E-state index >= 15 is 0 Å². The van der Waals surface area contributed by atoms with Gasteiger partial charge in [-0.2, -0.15) is 0 Å². The molecule has 1 unspecified atom stereocenters. The summed E-state index contributed by atoms with van der Waals surface area (Å²) in [4.78, 5) is 10.7. The molecule has 1 aliphatic rings. The van der Waals surface area contributed by atoms with Crippen LogP contribution in [0.2, 0.25) is 0 Å². The van der Waals surface area contributed by atoms with Crippen molar-refractivity contribution in [1.82, 2.24) is 19.9 Å². The van der Waals surface area contributed by atoms with Gasteiger partial charge in [-0.1, -0.05) is 6.42 Å². The Kier molecular flexibility index (Phi) is 2.60. The Hall–Kier alpha value is -1.75. The van der Waals surface area contributed by atoms with Gasteiger partial charge < -0.3 is 5.32 Å². The lowest BCUT2D eigenvalue weighted by atomic mass is 10.0. The fourth-order valence-electron chi connectivity index (χ4n) is 2.31. The molecule has 0 aliphatic carbocycles. The van der Waals surface area contributed by atoms with Crippen LogP contribution in [-0.4, -0.2) is 27.4 Å². The smallest absolute Gasteiger partial charge is 0.161 e. The van der Waals surface area contributed by atoms with Gasteiger partial charge in [-0.3, -0.25) is 9.20 Å². The van der Waals surface area contributed by atoms with Crippen molar-refractivity contribution in [3.05, 3.63) is 29.7 Å². The summed E-state index contributed by atoms with van der Waals surface area (Å²) in [6.45, 7) is 1.03. The molecular weight excluding hydrogens is 216 g/mol. The molecule has 0 radical (unpaired) electrons. The minimum absolute atomic E-state index is 0.279. The molecule has 0 spiro atoms. The molecule has 3 heterocycles. The van der Waals surface area contributed by atoms with Crippen LogP contribution in [0.5, 0.6) is 0 Å². The van der Waals surface area contributed by atoms with Crippen molar-refractivity contribution < 1.29 is 4.79 Å². The molecule has 0 aromatic carbocycles. The van der Waals surface area contributed by atoms with Gasteiger partial charge in [0.1, 0.15) is 6.29 Å². The van der Waals surface area contributed by atoms with Crippen LogP contribution in [0, 0.1) is 0 Å². The lowest BCUT2D eigenvalue weighted by Gasteiger charge is -2.21. The number of pyridine rings is 1. The normalized spacial score (nSPS) is 20.6. The zero-order valence-electron chi connectivity index (χ0n) is 9.47. The van der Waals surface area contributed by atoms with Crippen LogP contribution >= 0.6 is 0 Å². The minimum atomic E-state index is 0.279. The van der Waals surface area contributed by atoms with Crippen molar-refractivity contribution in [1.29, 1.82) is 0 Å². The molecule has 0 amide bonds. The summed E-state index contributed by atoms with van der Waals surface area (Å²) in [7, 11) is 0. The third kappa shape index (κ3) is 1.82. The van der Waals surface area contributed by atoms with Crippen molar-refractivity contribution in [2.75, 3.05) is 6.54 Å². The Bertz CT molecular complexity index is 542. The zero-order chi connectivity index (χ0) is 11.7. The third-order valence-electron chi connectivity index (χ3n) is 3.22. The van der Waals surface area contributed by atoms with Crippen LogP contribution in [0.4, 0.5) is 0 Å². The fraction of sp³-hybridized carbons (Fsp3) is 0.417. The first kappa shape index (κ1) is 10.4. The van der Waals surface area contributed by atoms with Crippen molar-refractivity contribution in [3.8, 4) is 0 Å². The van der Waals surface area contributed by atoms with Gasteiger partial charge in [0, 0.05) is 11.8 Å². The van der Waals surface area contributed by atoms with Crippen molar-refractivity contribution >= 4 is 11.9 Å². The first-order valence-corrected chi connectivity index (χ1v) is 5.92. The van der Waals surface area contributed by atoms with Gasteiger partial charge >= 0.3 is 0 Å². The molecule has 1 N–H and O–H groups in total. The van der Waals surface area contributed by atoms with E-state index in [0.29, 0.717) is 5.56 Å². The molecule has 2 aromatic rings. The Labute approximate surface area is 98.9 Å². The molecule has 2 aromatic heterocycles. The number of nitrogens with zero attached hydrogens (tertiary/aromatic N) is 3. The number of aromatic nitrogens is 3. The Morgan fingerprint density at radius 3 is 3.12 bits per heavy atom. The second kappa shape index (κ2) is 4.25. The number of carbonyl (C=O) groups excluding carboxylic acids is 1. The molecule has 1 aliphatic heterocycles. The monoisotopic (exact) mass is 230 g/mol. The molecule has 5 nitrogen and oxygen atoms in total. The Morgan fingerprint density at radius 1 is 1.41 bits per heavy atom. The van der Waals surface area contributed by atoms with E-state index in [-0.39, 0.29) is 6.04 Å². The Balaban J connectivity index is 2.02. The molecule has 1 saturated heterocycles. The summed E-state index contributed by atoms with van der Waals surface area (Å²) in [5, 5.41) is 11.8. The summed E-state index contributed by atoms with van der Waals surface area (Å²) < 4.78 is 1.95. The molecule has 1 atom stereocenters. The van der Waals surface area contributed by atoms with E-state index in [4.69, 9.17) is 0 Å². The maximum Gasteiger partial charge on any atom is 0.161 e. The number of piperidine rings is 1. The second-order valence-corrected chi connectivity index (χ2v) is 4.37. The van der Waals surface area contributed by atoms with E-state index in [2.05, 4.69) is 15.5 Å². The average molecular weight is 230 g/mol. The standard InChI is InChI=1S/C12H14N4O/c17-8-9-4-6-16-11(7-9)14-15-12(16)10-3-1-2-5-13-10/h4,6-8,10,13H,1-3,5H2. The van der Waals surface area contributed by atoms with Crippen molar-refractivity contribution in [2.45, 2.75) is 25.3 Å². The summed E-state index contributed by atoms with van der Waals surface area (Å²) in [5.41, 5.74) is 1.37. The lowest BCUT2D eigenvalue weighted by molar-refractivity contribution is 0.112. The molecule has 88 valence electrons. The molecule has 5 heteroatoms. The summed E-state index contributed by atoms with van der Waals surface area (Å²) >= 11 is 0. The highest BCUT2D eigenvalue weighted by molar-refractivity contribution is 5.76. The number of hydrogen-bond acceptors (Lipinski definition) is 4. The topological polar surface area (TPSA) is 59.3 Å². The van der Waals surface area contributed by atoms with Crippen LogP contribution < -0.4 is 5.32 Å². The number of fused-ring (bicyclic) bond motifs is 1. The second-order valence-electron chi connectivity index (χ2n) is 4.37. The highest BCUT2D eigenvalue weighted by Gasteiger charge is 2.19. The first-order valence-electron chi connectivity index (χ1n) is 5.92. The molecule has 17 heavy (non-hydrogen) atoms. The number of nitrogens with one attached hydrogen (secondary N) is 1. The third-order valence-corrected chi connectivity index (χ3v) is 3.22. The van der Waals surface area contributed by atoms with Crippen LogP contribution in [0.25, 0.3) is 5.65 Å². The highest BCUT2D eigenvalue weighted by Crippen LogP contribution is 2.21. The van der Waals surface area contributed by atoms with E-state index < -0.39 is 0 Å². The molecule has 0 bridgehead atoms. The molecule has 0 saturated carbocycles. The van der Waals surface area contributed by atoms with Gasteiger partial charge in [0.05, 0.1) is 6.04 Å². The summed E-state index contributed by atoms with van der Waals surface area (Å²) in [6.07, 6.45) is 6.23. The SMILES string of the molecule is O=Cc1ccn2c(C3CCCCN3)nnc2c1. The lowest BCUT2D eigenvalue weighted by Crippen LogP contribution is -2.28. The summed E-state index contributed by atoms with van der Waals surface area (Å²) in [6, 6.07) is 3.82. The van der Waals surface area contributed by atoms with Gasteiger partial charge in [0.15, 0.2) is 11.5 Å². The van der Waals surface area contributed by atoms with Gasteiger partial charge in [0.25, 0.3) is 0 Å². The summed E-state index contributed by atoms with van der Waals surface area (Å²) in [5.74, 6) is 0.942. The maximum absolute atomic E-state index is 10.7. The van der Waals surface area contributed by atoms with Gasteiger partial charge in [0.2, 0.25) is 0 Å². The molecule has 3 rings (SSSR count). The largest absolute Gasteiger partial charge is 0.307 e. The minimum Gasteiger partial charge on any atom is -0.307 e. The number of rotatable bonds is 2. The van der Waals surface area contributed by atoms with E-state index in [1.807, 2.05) is 10.6 Å². The van der Waals surface area contributed by atoms with Crippen LogP contribution in [0.3, 0.4) is 0 Å². The number of hydrogen-bond donors (Lipinski definition) is 1. The van der Waals surface area contributed by atoms with Gasteiger partial charge in [-0.15, -0.1) is 10.2 Å².